The van der Waals surface area contributed by atoms with E-state index in [1.165, 1.54) is 31.3 Å². The Labute approximate surface area is 221 Å². The average Bonchev–Trinajstić information content (AvgIpc) is 2.73. The molecule has 0 aromatic heterocycles. The van der Waals surface area contributed by atoms with E-state index in [9.17, 15) is 0 Å². The molecule has 3 atom stereocenters. The summed E-state index contributed by atoms with van der Waals surface area (Å²) < 4.78 is 29.7. The largest absolute Gasteiger partial charge is 0.377 e. The highest BCUT2D eigenvalue weighted by atomic mass is 31.1. The number of unbranched alkanes of at least 4 members (excludes halogenated alkanes) is 1. The molecule has 0 aliphatic rings. The second kappa shape index (κ2) is 23.7. The lowest BCUT2D eigenvalue weighted by molar-refractivity contribution is -0.181. The van der Waals surface area contributed by atoms with Gasteiger partial charge in [-0.2, -0.15) is 0 Å². The van der Waals surface area contributed by atoms with Crippen LogP contribution in [-0.4, -0.2) is 80.9 Å². The van der Waals surface area contributed by atoms with Gasteiger partial charge in [0.05, 0.1) is 37.1 Å². The van der Waals surface area contributed by atoms with Gasteiger partial charge >= 0.3 is 0 Å². The molecule has 0 bridgehead atoms. The summed E-state index contributed by atoms with van der Waals surface area (Å²) in [5.41, 5.74) is 5.69. The van der Waals surface area contributed by atoms with Crippen molar-refractivity contribution in [2.24, 2.45) is 5.73 Å². The molecule has 212 valence electrons. The number of hydrogen-bond acceptors (Lipinski definition) is 6. The molecule has 0 fully saturated rings. The molecule has 0 radical (unpaired) electrons. The highest BCUT2D eigenvalue weighted by molar-refractivity contribution is 7.38. The van der Waals surface area contributed by atoms with Crippen LogP contribution >= 0.6 is 17.2 Å². The highest BCUT2D eigenvalue weighted by Crippen LogP contribution is 2.22. The topological polar surface area (TPSA) is 72.2 Å². The highest BCUT2D eigenvalue weighted by Gasteiger charge is 2.15. The first-order valence-electron chi connectivity index (χ1n) is 14.0. The van der Waals surface area contributed by atoms with Crippen LogP contribution in [0.3, 0.4) is 0 Å². The first-order chi connectivity index (χ1) is 16.6. The summed E-state index contributed by atoms with van der Waals surface area (Å²) >= 11 is 0. The minimum atomic E-state index is -0.0863. The van der Waals surface area contributed by atoms with Gasteiger partial charge in [0.25, 0.3) is 0 Å². The van der Waals surface area contributed by atoms with Crippen molar-refractivity contribution in [2.45, 2.75) is 137 Å². The Balaban J connectivity index is 4.07. The minimum Gasteiger partial charge on any atom is -0.377 e. The third kappa shape index (κ3) is 24.7. The van der Waals surface area contributed by atoms with E-state index < -0.39 is 0 Å². The second-order valence-electron chi connectivity index (χ2n) is 10.2. The molecule has 0 rings (SSSR count). The lowest BCUT2D eigenvalue weighted by Gasteiger charge is -2.23. The van der Waals surface area contributed by atoms with Gasteiger partial charge in [-0.25, -0.2) is 0 Å². The zero-order valence-corrected chi connectivity index (χ0v) is 26.1. The molecule has 0 aromatic carbocycles. The van der Waals surface area contributed by atoms with Crippen molar-refractivity contribution in [1.29, 1.82) is 0 Å². The number of ether oxygens (including phenoxy) is 5. The molecule has 0 aliphatic heterocycles. The van der Waals surface area contributed by atoms with E-state index in [0.717, 1.165) is 49.0 Å². The summed E-state index contributed by atoms with van der Waals surface area (Å²) in [6.45, 7) is 17.8. The Morgan fingerprint density at radius 1 is 0.543 bits per heavy atom. The molecule has 0 saturated carbocycles. The van der Waals surface area contributed by atoms with Crippen molar-refractivity contribution in [3.05, 3.63) is 0 Å². The van der Waals surface area contributed by atoms with Crippen molar-refractivity contribution >= 4 is 17.2 Å². The van der Waals surface area contributed by atoms with Gasteiger partial charge in [0.1, 0.15) is 0 Å². The normalized spacial score (nSPS) is 14.1. The summed E-state index contributed by atoms with van der Waals surface area (Å²) in [7, 11) is 1.89. The molecule has 2 N–H and O–H groups in total. The first-order valence-corrected chi connectivity index (χ1v) is 16.8. The molecule has 0 saturated heterocycles. The minimum absolute atomic E-state index is 0.0680. The lowest BCUT2D eigenvalue weighted by atomic mass is 10.1. The summed E-state index contributed by atoms with van der Waals surface area (Å²) in [6.07, 6.45) is 12.5. The van der Waals surface area contributed by atoms with E-state index in [4.69, 9.17) is 29.4 Å². The number of hydrogen-bond donors (Lipinski definition) is 1. The second-order valence-corrected chi connectivity index (χ2v) is 13.2. The van der Waals surface area contributed by atoms with Crippen LogP contribution in [0.1, 0.15) is 93.9 Å². The van der Waals surface area contributed by atoms with Crippen LogP contribution in [-0.2, 0) is 23.7 Å². The zero-order valence-electron chi connectivity index (χ0n) is 24.1. The van der Waals surface area contributed by atoms with E-state index >= 15 is 0 Å². The Bertz CT molecular complexity index is 435. The van der Waals surface area contributed by atoms with Crippen LogP contribution in [0.2, 0.25) is 0 Å². The monoisotopic (exact) mass is 539 g/mol. The predicted molar refractivity (Wildman–Crippen MR) is 155 cm³/mol. The van der Waals surface area contributed by atoms with E-state index in [2.05, 4.69) is 55.4 Å². The molecule has 35 heavy (non-hydrogen) atoms. The maximum absolute atomic E-state index is 6.06. The van der Waals surface area contributed by atoms with Crippen molar-refractivity contribution in [2.75, 3.05) is 37.8 Å². The van der Waals surface area contributed by atoms with Crippen LogP contribution in [0.5, 0.6) is 0 Å². The third-order valence-electron chi connectivity index (χ3n) is 5.05. The Hall–Kier alpha value is 0.620. The van der Waals surface area contributed by atoms with E-state index in [1.54, 1.807) is 0 Å². The maximum Gasteiger partial charge on any atom is 0.158 e. The van der Waals surface area contributed by atoms with Gasteiger partial charge in [-0.3, -0.25) is 0 Å². The van der Waals surface area contributed by atoms with E-state index in [1.807, 2.05) is 0 Å². The molecule has 0 amide bonds. The molecule has 8 heteroatoms. The van der Waals surface area contributed by atoms with Crippen LogP contribution in [0, 0.1) is 0 Å². The van der Waals surface area contributed by atoms with Gasteiger partial charge in [0.15, 0.2) is 12.6 Å². The third-order valence-corrected chi connectivity index (χ3v) is 7.69. The van der Waals surface area contributed by atoms with Crippen molar-refractivity contribution in [3.8, 4) is 0 Å². The van der Waals surface area contributed by atoms with Crippen molar-refractivity contribution in [3.63, 3.8) is 0 Å². The molecule has 0 spiro atoms. The molecule has 0 aliphatic carbocycles. The maximum atomic E-state index is 6.06. The Morgan fingerprint density at radius 2 is 0.971 bits per heavy atom. The Morgan fingerprint density at radius 3 is 1.40 bits per heavy atom. The fourth-order valence-electron chi connectivity index (χ4n) is 3.67. The molecule has 6 nitrogen and oxygen atoms in total. The van der Waals surface area contributed by atoms with Crippen LogP contribution in [0.4, 0.5) is 0 Å². The van der Waals surface area contributed by atoms with Crippen LogP contribution in [0.15, 0.2) is 0 Å². The molecule has 3 unspecified atom stereocenters. The van der Waals surface area contributed by atoms with E-state index in [0.29, 0.717) is 19.3 Å². The van der Waals surface area contributed by atoms with Gasteiger partial charge in [0.2, 0.25) is 0 Å². The zero-order chi connectivity index (χ0) is 26.5. The number of nitrogens with two attached hydrogens (primary N) is 1. The standard InChI is InChI=1S/C27H59NO5P2/c1-21(2)30-26(31-22(3)4)13-19-34-17-10-9-11-25(29-16-15-28)12-18-35-20-14-27(32-23(5)6)33-24(7)8/h21-27,34-35H,9-20,28H2,1-8H3. The van der Waals surface area contributed by atoms with Crippen molar-refractivity contribution < 1.29 is 23.7 Å². The molecule has 0 aromatic rings. The van der Waals surface area contributed by atoms with Crippen LogP contribution < -0.4 is 5.73 Å². The molecule has 0 heterocycles. The predicted octanol–water partition coefficient (Wildman–Crippen LogP) is 6.38. The quantitative estimate of drug-likeness (QED) is 0.0825. The summed E-state index contributed by atoms with van der Waals surface area (Å²) in [5.74, 6) is 0. The fraction of sp³-hybridized carbons (Fsp3) is 1.00. The number of rotatable bonds is 25. The Kier molecular flexibility index (Phi) is 24.1. The van der Waals surface area contributed by atoms with E-state index in [-0.39, 0.29) is 37.0 Å². The SMILES string of the molecule is CC(C)OC(CCPCCCCC(CCPCCC(OC(C)C)OC(C)C)OCCN)OC(C)C. The average molecular weight is 540 g/mol. The summed E-state index contributed by atoms with van der Waals surface area (Å²) in [6, 6.07) is 0. The lowest BCUT2D eigenvalue weighted by Crippen LogP contribution is -2.25. The van der Waals surface area contributed by atoms with Gasteiger partial charge in [-0.05, 0) is 99.3 Å². The smallest absolute Gasteiger partial charge is 0.158 e. The molecular formula is C27H59NO5P2. The fourth-order valence-corrected chi connectivity index (χ4v) is 6.08. The first kappa shape index (κ1) is 35.6. The molecular weight excluding hydrogens is 480 g/mol. The summed E-state index contributed by atoms with van der Waals surface area (Å²) in [4.78, 5) is 0. The van der Waals surface area contributed by atoms with Crippen molar-refractivity contribution in [1.82, 2.24) is 0 Å². The summed E-state index contributed by atoms with van der Waals surface area (Å²) in [5, 5.41) is 0. The van der Waals surface area contributed by atoms with Gasteiger partial charge in [-0.1, -0.05) is 6.42 Å². The van der Waals surface area contributed by atoms with Gasteiger partial charge < -0.3 is 29.4 Å². The van der Waals surface area contributed by atoms with Crippen LogP contribution in [0.25, 0.3) is 0 Å². The van der Waals surface area contributed by atoms with Gasteiger partial charge in [0, 0.05) is 19.4 Å². The van der Waals surface area contributed by atoms with Gasteiger partial charge in [-0.15, -0.1) is 17.2 Å².